The van der Waals surface area contributed by atoms with E-state index >= 15 is 0 Å². The smallest absolute Gasteiger partial charge is 0.323 e. The summed E-state index contributed by atoms with van der Waals surface area (Å²) in [6.45, 7) is 5.55. The molecule has 0 aromatic rings. The van der Waals surface area contributed by atoms with E-state index in [4.69, 9.17) is 21.1 Å². The number of methoxy groups -OCH3 is 2. The predicted molar refractivity (Wildman–Crippen MR) is 70.1 cm³/mol. The average molecular weight is 277 g/mol. The van der Waals surface area contributed by atoms with Gasteiger partial charge in [0.25, 0.3) is 0 Å². The number of ether oxygens (including phenoxy) is 2. The highest BCUT2D eigenvalue weighted by molar-refractivity contribution is 6.29. The Morgan fingerprint density at radius 1 is 1.22 bits per heavy atom. The predicted octanol–water partition coefficient (Wildman–Crippen LogP) is 2.90. The van der Waals surface area contributed by atoms with Crippen molar-refractivity contribution >= 4 is 23.5 Å². The second-order valence-corrected chi connectivity index (χ2v) is 5.25. The lowest BCUT2D eigenvalue weighted by Crippen LogP contribution is -2.42. The molecule has 0 aliphatic rings. The van der Waals surface area contributed by atoms with Crippen LogP contribution < -0.4 is 0 Å². The number of carbonyl (C=O) groups excluding carboxylic acids is 2. The first-order valence-corrected chi connectivity index (χ1v) is 6.17. The van der Waals surface area contributed by atoms with E-state index in [1.54, 1.807) is 13.0 Å². The molecule has 0 N–H and O–H groups in total. The summed E-state index contributed by atoms with van der Waals surface area (Å²) in [6, 6.07) is 0. The molecule has 0 aromatic carbocycles. The fourth-order valence-electron chi connectivity index (χ4n) is 1.90. The Hall–Kier alpha value is -1.03. The van der Waals surface area contributed by atoms with Crippen LogP contribution >= 0.6 is 11.6 Å². The maximum absolute atomic E-state index is 12.0. The van der Waals surface area contributed by atoms with Crippen molar-refractivity contribution in [3.8, 4) is 0 Å². The number of hydrogen-bond acceptors (Lipinski definition) is 4. The van der Waals surface area contributed by atoms with Gasteiger partial charge in [0, 0.05) is 5.03 Å². The Morgan fingerprint density at radius 3 is 1.94 bits per heavy atom. The Morgan fingerprint density at radius 2 is 1.67 bits per heavy atom. The molecule has 0 spiro atoms. The molecule has 0 heterocycles. The zero-order chi connectivity index (χ0) is 14.3. The number of hydrogen-bond donors (Lipinski definition) is 0. The standard InChI is InChI=1S/C13H21ClO4/c1-9(2)8-13(11(15)17-4,12(16)18-5)7-6-10(3)14/h6,9H,7-8H2,1-5H3. The fourth-order valence-corrected chi connectivity index (χ4v) is 1.98. The van der Waals surface area contributed by atoms with Gasteiger partial charge in [-0.15, -0.1) is 0 Å². The van der Waals surface area contributed by atoms with Gasteiger partial charge in [-0.25, -0.2) is 0 Å². The van der Waals surface area contributed by atoms with Crippen LogP contribution in [0.5, 0.6) is 0 Å². The summed E-state index contributed by atoms with van der Waals surface area (Å²) in [4.78, 5) is 24.0. The summed E-state index contributed by atoms with van der Waals surface area (Å²) in [5.41, 5.74) is -1.31. The molecule has 0 unspecified atom stereocenters. The van der Waals surface area contributed by atoms with E-state index in [0.29, 0.717) is 11.5 Å². The lowest BCUT2D eigenvalue weighted by molar-refractivity contribution is -0.170. The molecule has 0 atom stereocenters. The maximum atomic E-state index is 12.0. The SMILES string of the molecule is COC(=O)C(CC=C(C)Cl)(CC(C)C)C(=O)OC. The zero-order valence-electron chi connectivity index (χ0n) is 11.6. The first kappa shape index (κ1) is 17.0. The van der Waals surface area contributed by atoms with Crippen LogP contribution in [-0.2, 0) is 19.1 Å². The third-order valence-corrected chi connectivity index (χ3v) is 2.80. The minimum atomic E-state index is -1.31. The lowest BCUT2D eigenvalue weighted by Gasteiger charge is -2.28. The normalized spacial score (nSPS) is 12.5. The highest BCUT2D eigenvalue weighted by Gasteiger charge is 2.47. The van der Waals surface area contributed by atoms with Crippen LogP contribution in [0, 0.1) is 11.3 Å². The van der Waals surface area contributed by atoms with Crippen molar-refractivity contribution in [3.63, 3.8) is 0 Å². The molecule has 0 fully saturated rings. The van der Waals surface area contributed by atoms with E-state index in [2.05, 4.69) is 0 Å². The van der Waals surface area contributed by atoms with E-state index < -0.39 is 17.4 Å². The van der Waals surface area contributed by atoms with Crippen molar-refractivity contribution in [2.45, 2.75) is 33.6 Å². The zero-order valence-corrected chi connectivity index (χ0v) is 12.3. The summed E-state index contributed by atoms with van der Waals surface area (Å²) in [5, 5.41) is 0.524. The van der Waals surface area contributed by atoms with Gasteiger partial charge in [-0.1, -0.05) is 31.5 Å². The van der Waals surface area contributed by atoms with Crippen molar-refractivity contribution < 1.29 is 19.1 Å². The van der Waals surface area contributed by atoms with Crippen LogP contribution in [0.3, 0.4) is 0 Å². The fraction of sp³-hybridized carbons (Fsp3) is 0.692. The van der Waals surface area contributed by atoms with Gasteiger partial charge in [0.15, 0.2) is 5.41 Å². The van der Waals surface area contributed by atoms with E-state index in [1.165, 1.54) is 14.2 Å². The van der Waals surface area contributed by atoms with Gasteiger partial charge in [0.1, 0.15) is 0 Å². The molecule has 5 heteroatoms. The topological polar surface area (TPSA) is 52.6 Å². The van der Waals surface area contributed by atoms with Crippen LogP contribution in [-0.4, -0.2) is 26.2 Å². The number of esters is 2. The van der Waals surface area contributed by atoms with Crippen molar-refractivity contribution in [3.05, 3.63) is 11.1 Å². The average Bonchev–Trinajstić information content (AvgIpc) is 2.31. The third kappa shape index (κ3) is 4.33. The van der Waals surface area contributed by atoms with E-state index in [-0.39, 0.29) is 12.3 Å². The van der Waals surface area contributed by atoms with Gasteiger partial charge >= 0.3 is 11.9 Å². The third-order valence-electron chi connectivity index (χ3n) is 2.64. The van der Waals surface area contributed by atoms with Crippen LogP contribution in [0.2, 0.25) is 0 Å². The molecule has 4 nitrogen and oxygen atoms in total. The molecule has 18 heavy (non-hydrogen) atoms. The molecule has 0 bridgehead atoms. The molecule has 0 aliphatic heterocycles. The summed E-state index contributed by atoms with van der Waals surface area (Å²) in [7, 11) is 2.52. The highest BCUT2D eigenvalue weighted by atomic mass is 35.5. The number of allylic oxidation sites excluding steroid dienone is 2. The summed E-state index contributed by atoms with van der Waals surface area (Å²) in [6.07, 6.45) is 2.17. The van der Waals surface area contributed by atoms with Crippen LogP contribution in [0.25, 0.3) is 0 Å². The van der Waals surface area contributed by atoms with Crippen molar-refractivity contribution in [1.82, 2.24) is 0 Å². The van der Waals surface area contributed by atoms with Crippen LogP contribution in [0.1, 0.15) is 33.6 Å². The summed E-state index contributed by atoms with van der Waals surface area (Å²) in [5.74, 6) is -1.03. The van der Waals surface area contributed by atoms with Crippen molar-refractivity contribution in [2.24, 2.45) is 11.3 Å². The molecule has 0 saturated carbocycles. The minimum Gasteiger partial charge on any atom is -0.468 e. The molecule has 0 radical (unpaired) electrons. The first-order chi connectivity index (χ1) is 8.30. The van der Waals surface area contributed by atoms with E-state index in [1.807, 2.05) is 13.8 Å². The largest absolute Gasteiger partial charge is 0.468 e. The van der Waals surface area contributed by atoms with Crippen LogP contribution in [0.15, 0.2) is 11.1 Å². The number of carbonyl (C=O) groups is 2. The van der Waals surface area contributed by atoms with Gasteiger partial charge in [0.05, 0.1) is 14.2 Å². The van der Waals surface area contributed by atoms with E-state index in [0.717, 1.165) is 0 Å². The van der Waals surface area contributed by atoms with E-state index in [9.17, 15) is 9.59 Å². The van der Waals surface area contributed by atoms with Gasteiger partial charge in [0.2, 0.25) is 0 Å². The Bertz CT molecular complexity index is 314. The molecule has 0 saturated heterocycles. The van der Waals surface area contributed by atoms with Gasteiger partial charge in [-0.05, 0) is 25.7 Å². The van der Waals surface area contributed by atoms with Gasteiger partial charge in [-0.3, -0.25) is 9.59 Å². The maximum Gasteiger partial charge on any atom is 0.323 e. The molecular formula is C13H21ClO4. The molecule has 0 aliphatic carbocycles. The molecular weight excluding hydrogens is 256 g/mol. The molecule has 0 amide bonds. The van der Waals surface area contributed by atoms with Gasteiger partial charge < -0.3 is 9.47 Å². The second-order valence-electron chi connectivity index (χ2n) is 4.66. The monoisotopic (exact) mass is 276 g/mol. The molecule has 0 aromatic heterocycles. The van der Waals surface area contributed by atoms with Crippen molar-refractivity contribution in [1.29, 1.82) is 0 Å². The van der Waals surface area contributed by atoms with Crippen LogP contribution in [0.4, 0.5) is 0 Å². The van der Waals surface area contributed by atoms with Gasteiger partial charge in [-0.2, -0.15) is 0 Å². The summed E-state index contributed by atoms with van der Waals surface area (Å²) >= 11 is 5.77. The molecule has 104 valence electrons. The Balaban J connectivity index is 5.46. The quantitative estimate of drug-likeness (QED) is 0.553. The number of halogens is 1. The second kappa shape index (κ2) is 7.41. The lowest BCUT2D eigenvalue weighted by atomic mass is 9.77. The summed E-state index contributed by atoms with van der Waals surface area (Å²) < 4.78 is 9.52. The van der Waals surface area contributed by atoms with Crippen molar-refractivity contribution in [2.75, 3.05) is 14.2 Å². The first-order valence-electron chi connectivity index (χ1n) is 5.79. The Labute approximate surface area is 113 Å². The molecule has 0 rings (SSSR count). The minimum absolute atomic E-state index is 0.146. The Kier molecular flexibility index (Phi) is 6.99. The number of rotatable bonds is 6. The highest BCUT2D eigenvalue weighted by Crippen LogP contribution is 2.34.